The van der Waals surface area contributed by atoms with Crippen molar-refractivity contribution < 1.29 is 20.4 Å². The fraction of sp³-hybridized carbons (Fsp3) is 1.00. The molecule has 9 rings (SSSR count). The third-order valence-corrected chi connectivity index (χ3v) is 30.2. The first kappa shape index (κ1) is 49.4. The molecule has 9 fully saturated rings. The number of hydrogen-bond donors (Lipinski definition) is 0. The Morgan fingerprint density at radius 3 is 0.310 bits per heavy atom. The van der Waals surface area contributed by atoms with Gasteiger partial charge in [0.2, 0.25) is 0 Å². The van der Waals surface area contributed by atoms with Crippen LogP contribution in [0.25, 0.3) is 0 Å². The van der Waals surface area contributed by atoms with Crippen LogP contribution in [0, 0.1) is 0 Å². The van der Waals surface area contributed by atoms with E-state index in [4.69, 9.17) is 0 Å². The van der Waals surface area contributed by atoms with Gasteiger partial charge in [-0.15, -0.1) is 0 Å². The molecule has 0 spiro atoms. The molecule has 0 radical (unpaired) electrons. The summed E-state index contributed by atoms with van der Waals surface area (Å²) in [5.41, 5.74) is 10.7. The average molecular weight is 948 g/mol. The molecule has 340 valence electrons. The van der Waals surface area contributed by atoms with Gasteiger partial charge in [-0.2, -0.15) is 0 Å². The van der Waals surface area contributed by atoms with Gasteiger partial charge in [0.05, 0.1) is 0 Å². The Hall–Kier alpha value is 1.95. The minimum absolute atomic E-state index is 0. The summed E-state index contributed by atoms with van der Waals surface area (Å²) in [5, 5.41) is 0. The maximum Gasteiger partial charge on any atom is 0 e. The second-order valence-electron chi connectivity index (χ2n) is 22.0. The summed E-state index contributed by atoms with van der Waals surface area (Å²) in [5.74, 6) is 0. The predicted molar refractivity (Wildman–Crippen MR) is 263 cm³/mol. The van der Waals surface area contributed by atoms with Crippen LogP contribution in [0.15, 0.2) is 0 Å². The van der Waals surface area contributed by atoms with E-state index in [0.29, 0.717) is 23.8 Å². The second kappa shape index (κ2) is 28.8. The summed E-state index contributed by atoms with van der Waals surface area (Å²) < 4.78 is 0. The largest absolute Gasteiger partial charge is 0.0971 e. The SMILES string of the molecule is C1CCC(P(C2CCCCC2)C2CCCCC2)CC1.C1CCC(P(C2CCCCC2)C2CCCCC2)CC1.C1CCC(P(C2CCCCC2)C2CCCCC2)CC1.[Pd]. The second-order valence-corrected chi connectivity index (χ2v) is 31.2. The van der Waals surface area contributed by atoms with E-state index in [-0.39, 0.29) is 20.4 Å². The Morgan fingerprint density at radius 1 is 0.138 bits per heavy atom. The summed E-state index contributed by atoms with van der Waals surface area (Å²) in [6.07, 6.45) is 70.9. The van der Waals surface area contributed by atoms with Crippen LogP contribution in [-0.4, -0.2) is 50.9 Å². The maximum atomic E-state index is 1.61. The zero-order valence-corrected chi connectivity index (χ0v) is 42.9. The van der Waals surface area contributed by atoms with E-state index in [1.807, 2.05) is 0 Å². The molecule has 9 aliphatic rings. The van der Waals surface area contributed by atoms with Crippen molar-refractivity contribution in [3.63, 3.8) is 0 Å². The van der Waals surface area contributed by atoms with Gasteiger partial charge < -0.3 is 0 Å². The van der Waals surface area contributed by atoms with Gasteiger partial charge in [0.1, 0.15) is 0 Å². The van der Waals surface area contributed by atoms with Gasteiger partial charge in [0, 0.05) is 20.4 Å². The third-order valence-electron chi connectivity index (χ3n) is 18.0. The molecule has 0 nitrogen and oxygen atoms in total. The predicted octanol–water partition coefficient (Wildman–Crippen LogP) is 19.4. The summed E-state index contributed by atoms with van der Waals surface area (Å²) >= 11 is 0. The molecule has 0 amide bonds. The van der Waals surface area contributed by atoms with Gasteiger partial charge in [-0.3, -0.25) is 0 Å². The topological polar surface area (TPSA) is 0 Å². The third kappa shape index (κ3) is 15.5. The molecule has 0 unspecified atom stereocenters. The molecule has 9 saturated carbocycles. The van der Waals surface area contributed by atoms with Crippen LogP contribution in [0.2, 0.25) is 0 Å². The van der Waals surface area contributed by atoms with E-state index in [0.717, 1.165) is 0 Å². The fourth-order valence-corrected chi connectivity index (χ4v) is 29.1. The van der Waals surface area contributed by atoms with Gasteiger partial charge >= 0.3 is 0 Å². The molecule has 0 aromatic carbocycles. The summed E-state index contributed by atoms with van der Waals surface area (Å²) in [6, 6.07) is 0. The Kier molecular flexibility index (Phi) is 24.5. The van der Waals surface area contributed by atoms with E-state index in [1.54, 1.807) is 231 Å². The molecular formula is C54H99P3Pd. The molecule has 0 aliphatic heterocycles. The molecule has 0 saturated heterocycles. The fourth-order valence-electron chi connectivity index (χ4n) is 15.1. The van der Waals surface area contributed by atoms with Crippen molar-refractivity contribution in [2.24, 2.45) is 0 Å². The van der Waals surface area contributed by atoms with Crippen molar-refractivity contribution in [3.8, 4) is 0 Å². The molecule has 0 bridgehead atoms. The van der Waals surface area contributed by atoms with Gasteiger partial charge in [-0.25, -0.2) is 0 Å². The van der Waals surface area contributed by atoms with Crippen molar-refractivity contribution >= 4 is 23.8 Å². The van der Waals surface area contributed by atoms with Crippen molar-refractivity contribution in [1.29, 1.82) is 0 Å². The van der Waals surface area contributed by atoms with E-state index in [1.165, 1.54) is 109 Å². The van der Waals surface area contributed by atoms with Crippen LogP contribution in [0.1, 0.15) is 289 Å². The maximum absolute atomic E-state index is 1.61. The Morgan fingerprint density at radius 2 is 0.224 bits per heavy atom. The molecule has 0 aromatic rings. The minimum Gasteiger partial charge on any atom is -0.0971 e. The van der Waals surface area contributed by atoms with Gasteiger partial charge in [-0.05, 0) is 167 Å². The first-order valence-electron chi connectivity index (χ1n) is 27.7. The molecule has 58 heavy (non-hydrogen) atoms. The molecule has 9 aliphatic carbocycles. The molecule has 0 heterocycles. The average Bonchev–Trinajstić information content (AvgIpc) is 3.30. The molecule has 4 heteroatoms. The quantitative estimate of drug-likeness (QED) is 0.160. The van der Waals surface area contributed by atoms with Crippen LogP contribution in [0.3, 0.4) is 0 Å². The van der Waals surface area contributed by atoms with Crippen molar-refractivity contribution in [1.82, 2.24) is 0 Å². The van der Waals surface area contributed by atoms with Crippen LogP contribution in [0.5, 0.6) is 0 Å². The first-order valence-corrected chi connectivity index (χ1v) is 32.3. The smallest absolute Gasteiger partial charge is 0 e. The van der Waals surface area contributed by atoms with E-state index in [2.05, 4.69) is 0 Å². The Labute approximate surface area is 381 Å². The molecule has 0 atom stereocenters. The Balaban J connectivity index is 0.000000145. The van der Waals surface area contributed by atoms with Crippen LogP contribution in [-0.2, 0) is 20.4 Å². The van der Waals surface area contributed by atoms with Gasteiger partial charge in [0.25, 0.3) is 0 Å². The van der Waals surface area contributed by atoms with Crippen molar-refractivity contribution in [2.45, 2.75) is 340 Å². The van der Waals surface area contributed by atoms with Crippen LogP contribution >= 0.6 is 23.8 Å². The van der Waals surface area contributed by atoms with Crippen LogP contribution < -0.4 is 0 Å². The normalized spacial score (nSPS) is 28.4. The van der Waals surface area contributed by atoms with E-state index >= 15 is 0 Å². The van der Waals surface area contributed by atoms with Crippen molar-refractivity contribution in [2.75, 3.05) is 0 Å². The first-order chi connectivity index (χ1) is 28.3. The Bertz CT molecular complexity index is 741. The number of hydrogen-bond acceptors (Lipinski definition) is 0. The van der Waals surface area contributed by atoms with E-state index in [9.17, 15) is 0 Å². The number of rotatable bonds is 9. The molecule has 0 aromatic heterocycles. The monoisotopic (exact) mass is 947 g/mol. The standard InChI is InChI=1S/3C18H33P.Pd/c3*1-4-10-16(11-5-1)19(17-12-6-2-7-13-17)18-14-8-3-9-15-18;/h3*16-18H,1-15H2;. The summed E-state index contributed by atoms with van der Waals surface area (Å²) in [6.45, 7) is 0. The zero-order valence-electron chi connectivity index (χ0n) is 38.7. The molecule has 0 N–H and O–H groups in total. The van der Waals surface area contributed by atoms with Gasteiger partial charge in [-0.1, -0.05) is 197 Å². The van der Waals surface area contributed by atoms with Crippen molar-refractivity contribution in [3.05, 3.63) is 0 Å². The van der Waals surface area contributed by atoms with E-state index < -0.39 is 0 Å². The van der Waals surface area contributed by atoms with Crippen LogP contribution in [0.4, 0.5) is 0 Å². The minimum atomic E-state index is 0. The summed E-state index contributed by atoms with van der Waals surface area (Å²) in [7, 11) is 1.15. The summed E-state index contributed by atoms with van der Waals surface area (Å²) in [4.78, 5) is 0. The molecular weight excluding hydrogens is 848 g/mol. The van der Waals surface area contributed by atoms with Gasteiger partial charge in [0.15, 0.2) is 0 Å². The zero-order chi connectivity index (χ0) is 38.7.